The first-order chi connectivity index (χ1) is 9.54. The van der Waals surface area contributed by atoms with E-state index < -0.39 is 6.04 Å². The van der Waals surface area contributed by atoms with Crippen molar-refractivity contribution in [2.45, 2.75) is 19.4 Å². The number of rotatable bonds is 7. The number of carbonyl (C=O) groups is 2. The molecule has 1 aromatic rings. The van der Waals surface area contributed by atoms with Gasteiger partial charge >= 0.3 is 0 Å². The highest BCUT2D eigenvalue weighted by Crippen LogP contribution is 2.02. The molecule has 0 aliphatic rings. The zero-order valence-corrected chi connectivity index (χ0v) is 11.7. The van der Waals surface area contributed by atoms with E-state index in [1.54, 1.807) is 18.2 Å². The molecule has 1 atom stereocenters. The lowest BCUT2D eigenvalue weighted by molar-refractivity contribution is -0.122. The Morgan fingerprint density at radius 2 is 1.85 bits per heavy atom. The van der Waals surface area contributed by atoms with Crippen molar-refractivity contribution in [3.8, 4) is 0 Å². The van der Waals surface area contributed by atoms with E-state index in [0.717, 1.165) is 5.56 Å². The van der Waals surface area contributed by atoms with Gasteiger partial charge in [-0.2, -0.15) is 0 Å². The molecule has 4 N–H and O–H groups in total. The molecular formula is C15H21N3O2. The van der Waals surface area contributed by atoms with E-state index in [2.05, 4.69) is 17.2 Å². The number of hydrogen-bond acceptors (Lipinski definition) is 3. The average molecular weight is 275 g/mol. The second-order valence-corrected chi connectivity index (χ2v) is 4.54. The fourth-order valence-electron chi connectivity index (χ4n) is 1.59. The number of hydrogen-bond donors (Lipinski definition) is 3. The molecule has 0 aliphatic carbocycles. The van der Waals surface area contributed by atoms with Crippen molar-refractivity contribution in [1.29, 1.82) is 0 Å². The maximum absolute atomic E-state index is 11.8. The third-order valence-corrected chi connectivity index (χ3v) is 2.78. The molecule has 0 saturated heterocycles. The van der Waals surface area contributed by atoms with Crippen LogP contribution in [0.1, 0.15) is 22.3 Å². The molecule has 0 aromatic heterocycles. The molecule has 1 rings (SSSR count). The van der Waals surface area contributed by atoms with Gasteiger partial charge in [0, 0.05) is 18.7 Å². The minimum absolute atomic E-state index is 0.158. The summed E-state index contributed by atoms with van der Waals surface area (Å²) in [6.07, 6.45) is 2.03. The number of amides is 2. The van der Waals surface area contributed by atoms with E-state index in [4.69, 9.17) is 5.73 Å². The Bertz CT molecular complexity index is 469. The van der Waals surface area contributed by atoms with Crippen LogP contribution in [-0.4, -0.2) is 30.9 Å². The molecule has 1 aromatic carbocycles. The summed E-state index contributed by atoms with van der Waals surface area (Å²) in [5, 5.41) is 5.39. The number of nitrogens with one attached hydrogen (secondary N) is 2. The van der Waals surface area contributed by atoms with Crippen LogP contribution < -0.4 is 16.4 Å². The van der Waals surface area contributed by atoms with E-state index in [9.17, 15) is 9.59 Å². The van der Waals surface area contributed by atoms with Gasteiger partial charge in [0.2, 0.25) is 5.91 Å². The van der Waals surface area contributed by atoms with Crippen LogP contribution in [-0.2, 0) is 4.79 Å². The van der Waals surface area contributed by atoms with Gasteiger partial charge in [-0.1, -0.05) is 23.8 Å². The van der Waals surface area contributed by atoms with Crippen molar-refractivity contribution in [1.82, 2.24) is 10.6 Å². The highest BCUT2D eigenvalue weighted by molar-refractivity contribution is 5.94. The van der Waals surface area contributed by atoms with Crippen molar-refractivity contribution in [3.63, 3.8) is 0 Å². The minimum atomic E-state index is -0.583. The average Bonchev–Trinajstić information content (AvgIpc) is 2.44. The second kappa shape index (κ2) is 8.12. The van der Waals surface area contributed by atoms with E-state index in [-0.39, 0.29) is 11.8 Å². The monoisotopic (exact) mass is 275 g/mol. The van der Waals surface area contributed by atoms with Gasteiger partial charge in [0.25, 0.3) is 5.91 Å². The maximum atomic E-state index is 11.8. The zero-order chi connectivity index (χ0) is 15.0. The Hall–Kier alpha value is -2.14. The molecule has 0 aliphatic heterocycles. The summed E-state index contributed by atoms with van der Waals surface area (Å²) in [5.74, 6) is -0.399. The topological polar surface area (TPSA) is 84.2 Å². The van der Waals surface area contributed by atoms with Gasteiger partial charge in [-0.25, -0.2) is 0 Å². The summed E-state index contributed by atoms with van der Waals surface area (Å²) in [6, 6.07) is 6.71. The number of benzene rings is 1. The molecular weight excluding hydrogens is 254 g/mol. The molecule has 0 radical (unpaired) electrons. The lowest BCUT2D eigenvalue weighted by Crippen LogP contribution is -2.43. The fraction of sp³-hybridized carbons (Fsp3) is 0.333. The van der Waals surface area contributed by atoms with Gasteiger partial charge in [-0.3, -0.25) is 9.59 Å². The van der Waals surface area contributed by atoms with Gasteiger partial charge in [-0.15, -0.1) is 6.58 Å². The molecule has 0 fully saturated rings. The predicted octanol–water partition coefficient (Wildman–Crippen LogP) is 0.744. The van der Waals surface area contributed by atoms with Crippen molar-refractivity contribution in [3.05, 3.63) is 48.0 Å². The van der Waals surface area contributed by atoms with Gasteiger partial charge in [-0.05, 0) is 25.5 Å². The molecule has 0 bridgehead atoms. The van der Waals surface area contributed by atoms with Crippen LogP contribution in [0.4, 0.5) is 0 Å². The number of carbonyl (C=O) groups excluding carboxylic acids is 2. The van der Waals surface area contributed by atoms with Crippen LogP contribution in [0.5, 0.6) is 0 Å². The Morgan fingerprint density at radius 3 is 2.45 bits per heavy atom. The molecule has 5 heteroatoms. The Labute approximate surface area is 119 Å². The van der Waals surface area contributed by atoms with Gasteiger partial charge in [0.05, 0.1) is 6.04 Å². The SMILES string of the molecule is C=CCC(N)C(=O)NCCNC(=O)c1ccc(C)cc1. The van der Waals surface area contributed by atoms with Crippen molar-refractivity contribution in [2.24, 2.45) is 5.73 Å². The van der Waals surface area contributed by atoms with Crippen LogP contribution in [0.15, 0.2) is 36.9 Å². The van der Waals surface area contributed by atoms with E-state index >= 15 is 0 Å². The van der Waals surface area contributed by atoms with Gasteiger partial charge in [0.1, 0.15) is 0 Å². The van der Waals surface area contributed by atoms with Gasteiger partial charge < -0.3 is 16.4 Å². The first-order valence-electron chi connectivity index (χ1n) is 6.53. The summed E-state index contributed by atoms with van der Waals surface area (Å²) in [4.78, 5) is 23.3. The Morgan fingerprint density at radius 1 is 1.25 bits per heavy atom. The van der Waals surface area contributed by atoms with Crippen LogP contribution in [0, 0.1) is 6.92 Å². The van der Waals surface area contributed by atoms with Crippen LogP contribution in [0.25, 0.3) is 0 Å². The van der Waals surface area contributed by atoms with Crippen LogP contribution >= 0.6 is 0 Å². The number of nitrogens with two attached hydrogens (primary N) is 1. The molecule has 108 valence electrons. The third-order valence-electron chi connectivity index (χ3n) is 2.78. The lowest BCUT2D eigenvalue weighted by atomic mass is 10.1. The minimum Gasteiger partial charge on any atom is -0.353 e. The smallest absolute Gasteiger partial charge is 0.251 e. The van der Waals surface area contributed by atoms with Gasteiger partial charge in [0.15, 0.2) is 0 Å². The Kier molecular flexibility index (Phi) is 6.46. The molecule has 1 unspecified atom stereocenters. The van der Waals surface area contributed by atoms with E-state index in [0.29, 0.717) is 25.1 Å². The molecule has 0 saturated carbocycles. The van der Waals surface area contributed by atoms with E-state index in [1.165, 1.54) is 0 Å². The summed E-state index contributed by atoms with van der Waals surface area (Å²) in [7, 11) is 0. The molecule has 0 spiro atoms. The normalized spacial score (nSPS) is 11.5. The molecule has 0 heterocycles. The highest BCUT2D eigenvalue weighted by Gasteiger charge is 2.10. The summed E-state index contributed by atoms with van der Waals surface area (Å²) in [6.45, 7) is 6.20. The fourth-order valence-corrected chi connectivity index (χ4v) is 1.59. The summed E-state index contributed by atoms with van der Waals surface area (Å²) in [5.41, 5.74) is 7.31. The third kappa shape index (κ3) is 5.24. The van der Waals surface area contributed by atoms with Crippen LogP contribution in [0.3, 0.4) is 0 Å². The van der Waals surface area contributed by atoms with E-state index in [1.807, 2.05) is 19.1 Å². The van der Waals surface area contributed by atoms with Crippen molar-refractivity contribution in [2.75, 3.05) is 13.1 Å². The predicted molar refractivity (Wildman–Crippen MR) is 79.3 cm³/mol. The quantitative estimate of drug-likeness (QED) is 0.507. The number of aryl methyl sites for hydroxylation is 1. The summed E-state index contributed by atoms with van der Waals surface area (Å²) >= 11 is 0. The standard InChI is InChI=1S/C15H21N3O2/c1-3-4-13(16)15(20)18-10-9-17-14(19)12-7-5-11(2)6-8-12/h3,5-8,13H,1,4,9-10,16H2,2H3,(H,17,19)(H,18,20). The summed E-state index contributed by atoms with van der Waals surface area (Å²) < 4.78 is 0. The Balaban J connectivity index is 2.27. The van der Waals surface area contributed by atoms with Crippen molar-refractivity contribution < 1.29 is 9.59 Å². The van der Waals surface area contributed by atoms with Crippen LogP contribution in [0.2, 0.25) is 0 Å². The largest absolute Gasteiger partial charge is 0.353 e. The zero-order valence-electron chi connectivity index (χ0n) is 11.7. The molecule has 2 amide bonds. The second-order valence-electron chi connectivity index (χ2n) is 4.54. The first kappa shape index (κ1) is 15.9. The maximum Gasteiger partial charge on any atom is 0.251 e. The van der Waals surface area contributed by atoms with Crippen molar-refractivity contribution >= 4 is 11.8 Å². The molecule has 5 nitrogen and oxygen atoms in total. The first-order valence-corrected chi connectivity index (χ1v) is 6.53. The molecule has 20 heavy (non-hydrogen) atoms. The lowest BCUT2D eigenvalue weighted by Gasteiger charge is -2.11. The highest BCUT2D eigenvalue weighted by atomic mass is 16.2.